The van der Waals surface area contributed by atoms with Crippen molar-refractivity contribution in [3.63, 3.8) is 0 Å². The molecule has 0 fully saturated rings. The van der Waals surface area contributed by atoms with Crippen molar-refractivity contribution in [1.29, 1.82) is 0 Å². The summed E-state index contributed by atoms with van der Waals surface area (Å²) in [5.74, 6) is 1.20. The van der Waals surface area contributed by atoms with E-state index in [0.29, 0.717) is 5.82 Å². The molecule has 0 bridgehead atoms. The van der Waals surface area contributed by atoms with Crippen LogP contribution in [0.25, 0.3) is 0 Å². The van der Waals surface area contributed by atoms with Gasteiger partial charge >= 0.3 is 0 Å². The molecule has 2 rings (SSSR count). The summed E-state index contributed by atoms with van der Waals surface area (Å²) in [7, 11) is 0. The third kappa shape index (κ3) is 3.16. The zero-order valence-corrected chi connectivity index (χ0v) is 11.4. The van der Waals surface area contributed by atoms with Crippen LogP contribution in [0.2, 0.25) is 0 Å². The predicted octanol–water partition coefficient (Wildman–Crippen LogP) is 2.30. The zero-order chi connectivity index (χ0) is 13.2. The number of nitrogen functional groups attached to an aromatic ring is 1. The number of rotatable bonds is 2. The molecule has 2 aromatic rings. The zero-order valence-electron chi connectivity index (χ0n) is 10.6. The van der Waals surface area contributed by atoms with Crippen molar-refractivity contribution >= 4 is 17.6 Å². The van der Waals surface area contributed by atoms with Crippen molar-refractivity contribution in [2.75, 3.05) is 5.73 Å². The first-order chi connectivity index (χ1) is 8.45. The van der Waals surface area contributed by atoms with Gasteiger partial charge in [-0.15, -0.1) is 0 Å². The Morgan fingerprint density at radius 2 is 1.89 bits per heavy atom. The van der Waals surface area contributed by atoms with E-state index in [0.717, 1.165) is 15.9 Å². The van der Waals surface area contributed by atoms with E-state index in [2.05, 4.69) is 40.7 Å². The Morgan fingerprint density at radius 3 is 2.50 bits per heavy atom. The molecule has 0 aliphatic rings. The highest BCUT2D eigenvalue weighted by molar-refractivity contribution is 7.99. The van der Waals surface area contributed by atoms with E-state index in [-0.39, 0.29) is 5.41 Å². The van der Waals surface area contributed by atoms with Crippen molar-refractivity contribution in [3.05, 3.63) is 30.5 Å². The summed E-state index contributed by atoms with van der Waals surface area (Å²) >= 11 is 1.43. The molecule has 2 N–H and O–H groups in total. The molecule has 94 valence electrons. The lowest BCUT2D eigenvalue weighted by Crippen LogP contribution is -2.17. The molecule has 0 aliphatic heterocycles. The van der Waals surface area contributed by atoms with Crippen molar-refractivity contribution in [3.8, 4) is 0 Å². The van der Waals surface area contributed by atoms with Crippen LogP contribution >= 0.6 is 11.8 Å². The van der Waals surface area contributed by atoms with Gasteiger partial charge in [-0.3, -0.25) is 4.98 Å². The summed E-state index contributed by atoms with van der Waals surface area (Å²) in [6, 6.07) is 1.74. The van der Waals surface area contributed by atoms with Gasteiger partial charge in [0, 0.05) is 23.9 Å². The average molecular weight is 261 g/mol. The Balaban J connectivity index is 2.32. The molecule has 0 amide bonds. The largest absolute Gasteiger partial charge is 0.384 e. The molecular formula is C12H15N5S. The Labute approximate surface area is 110 Å². The molecule has 0 saturated carbocycles. The van der Waals surface area contributed by atoms with Crippen molar-refractivity contribution in [2.45, 2.75) is 36.2 Å². The lowest BCUT2D eigenvalue weighted by molar-refractivity contribution is 0.539. The number of nitrogens with zero attached hydrogens (tertiary/aromatic N) is 4. The monoisotopic (exact) mass is 261 g/mol. The van der Waals surface area contributed by atoms with Crippen LogP contribution < -0.4 is 5.73 Å². The second kappa shape index (κ2) is 4.89. The maximum atomic E-state index is 5.81. The average Bonchev–Trinajstić information content (AvgIpc) is 2.28. The van der Waals surface area contributed by atoms with Gasteiger partial charge in [0.05, 0.1) is 6.20 Å². The lowest BCUT2D eigenvalue weighted by Gasteiger charge is -2.17. The van der Waals surface area contributed by atoms with E-state index in [4.69, 9.17) is 5.73 Å². The fourth-order valence-corrected chi connectivity index (χ4v) is 2.03. The fourth-order valence-electron chi connectivity index (χ4n) is 1.28. The molecule has 0 atom stereocenters. The quantitative estimate of drug-likeness (QED) is 0.836. The van der Waals surface area contributed by atoms with Crippen LogP contribution in [0, 0.1) is 0 Å². The predicted molar refractivity (Wildman–Crippen MR) is 71.3 cm³/mol. The van der Waals surface area contributed by atoms with E-state index >= 15 is 0 Å². The smallest absolute Gasteiger partial charge is 0.137 e. The molecule has 18 heavy (non-hydrogen) atoms. The molecule has 0 aliphatic carbocycles. The molecule has 6 heteroatoms. The lowest BCUT2D eigenvalue weighted by atomic mass is 9.96. The summed E-state index contributed by atoms with van der Waals surface area (Å²) in [5, 5.41) is 1.57. The fraction of sp³-hybridized carbons (Fsp3) is 0.333. The molecule has 5 nitrogen and oxygen atoms in total. The minimum absolute atomic E-state index is 0.132. The van der Waals surface area contributed by atoms with E-state index in [1.165, 1.54) is 11.8 Å². The number of aromatic nitrogens is 4. The van der Waals surface area contributed by atoms with E-state index in [1.54, 1.807) is 24.7 Å². The third-order valence-corrected chi connectivity index (χ3v) is 2.98. The molecule has 0 radical (unpaired) electrons. The maximum absolute atomic E-state index is 5.81. The van der Waals surface area contributed by atoms with Gasteiger partial charge in [-0.05, 0) is 11.8 Å². The topological polar surface area (TPSA) is 77.6 Å². The SMILES string of the molecule is CC(C)(C)c1nc(N)cc(Sc2cnccn2)n1. The van der Waals surface area contributed by atoms with Crippen molar-refractivity contribution in [1.82, 2.24) is 19.9 Å². The van der Waals surface area contributed by atoms with Gasteiger partial charge in [0.2, 0.25) is 0 Å². The van der Waals surface area contributed by atoms with Crippen molar-refractivity contribution in [2.24, 2.45) is 0 Å². The van der Waals surface area contributed by atoms with Gasteiger partial charge in [-0.2, -0.15) is 0 Å². The van der Waals surface area contributed by atoms with Gasteiger partial charge in [0.25, 0.3) is 0 Å². The molecule has 0 aromatic carbocycles. The number of anilines is 1. The molecule has 0 saturated heterocycles. The number of hydrogen-bond acceptors (Lipinski definition) is 6. The Morgan fingerprint density at radius 1 is 1.11 bits per heavy atom. The minimum atomic E-state index is -0.132. The summed E-state index contributed by atoms with van der Waals surface area (Å²) < 4.78 is 0. The highest BCUT2D eigenvalue weighted by atomic mass is 32.2. The molecular weight excluding hydrogens is 246 g/mol. The molecule has 2 aromatic heterocycles. The maximum Gasteiger partial charge on any atom is 0.137 e. The first kappa shape index (κ1) is 12.8. The van der Waals surface area contributed by atoms with Gasteiger partial charge in [0.1, 0.15) is 21.7 Å². The van der Waals surface area contributed by atoms with Crippen molar-refractivity contribution < 1.29 is 0 Å². The second-order valence-corrected chi connectivity index (χ2v) is 5.89. The molecule has 2 heterocycles. The highest BCUT2D eigenvalue weighted by Gasteiger charge is 2.19. The first-order valence-electron chi connectivity index (χ1n) is 5.54. The first-order valence-corrected chi connectivity index (χ1v) is 6.36. The van der Waals surface area contributed by atoms with Crippen LogP contribution in [0.15, 0.2) is 34.7 Å². The number of hydrogen-bond donors (Lipinski definition) is 1. The Kier molecular flexibility index (Phi) is 3.47. The molecule has 0 spiro atoms. The minimum Gasteiger partial charge on any atom is -0.384 e. The third-order valence-electron chi connectivity index (χ3n) is 2.14. The summed E-state index contributed by atoms with van der Waals surface area (Å²) in [6.45, 7) is 6.16. The van der Waals surface area contributed by atoms with Gasteiger partial charge in [0.15, 0.2) is 0 Å². The summed E-state index contributed by atoms with van der Waals surface area (Å²) in [4.78, 5) is 17.0. The van der Waals surface area contributed by atoms with E-state index in [1.807, 2.05) is 0 Å². The van der Waals surface area contributed by atoms with Crippen LogP contribution in [0.5, 0.6) is 0 Å². The standard InChI is InChI=1S/C12H15N5S/c1-12(2,3)11-16-8(13)6-9(17-11)18-10-7-14-4-5-15-10/h4-7H,1-3H3,(H2,13,16,17). The molecule has 0 unspecified atom stereocenters. The van der Waals surface area contributed by atoms with Gasteiger partial charge in [-0.1, -0.05) is 20.8 Å². The number of nitrogens with two attached hydrogens (primary N) is 1. The van der Waals surface area contributed by atoms with Gasteiger partial charge < -0.3 is 5.73 Å². The second-order valence-electron chi connectivity index (χ2n) is 4.85. The Hall–Kier alpha value is -1.69. The van der Waals surface area contributed by atoms with Crippen LogP contribution in [0.1, 0.15) is 26.6 Å². The van der Waals surface area contributed by atoms with Crippen LogP contribution in [0.4, 0.5) is 5.82 Å². The highest BCUT2D eigenvalue weighted by Crippen LogP contribution is 2.27. The normalized spacial score (nSPS) is 11.5. The van der Waals surface area contributed by atoms with Gasteiger partial charge in [-0.25, -0.2) is 15.0 Å². The Bertz CT molecular complexity index is 536. The van der Waals surface area contributed by atoms with E-state index < -0.39 is 0 Å². The van der Waals surface area contributed by atoms with Crippen LogP contribution in [-0.2, 0) is 5.41 Å². The summed E-state index contributed by atoms with van der Waals surface area (Å²) in [6.07, 6.45) is 4.98. The van der Waals surface area contributed by atoms with Crippen LogP contribution in [-0.4, -0.2) is 19.9 Å². The van der Waals surface area contributed by atoms with E-state index in [9.17, 15) is 0 Å². The van der Waals surface area contributed by atoms with Crippen LogP contribution in [0.3, 0.4) is 0 Å². The summed E-state index contributed by atoms with van der Waals surface area (Å²) in [5.41, 5.74) is 5.68.